The number of methoxy groups -OCH3 is 1. The molecule has 21 heavy (non-hydrogen) atoms. The van der Waals surface area contributed by atoms with E-state index in [-0.39, 0.29) is 11.8 Å². The predicted molar refractivity (Wildman–Crippen MR) is 87.4 cm³/mol. The molecule has 0 aliphatic rings. The molecule has 2 aromatic carbocycles. The third-order valence-corrected chi connectivity index (χ3v) is 4.14. The number of fused-ring (bicyclic) bond motifs is 1. The Hall–Kier alpha value is -1.60. The summed E-state index contributed by atoms with van der Waals surface area (Å²) < 4.78 is 21.9. The van der Waals surface area contributed by atoms with Gasteiger partial charge in [-0.05, 0) is 34.1 Å². The lowest BCUT2D eigenvalue weighted by Crippen LogP contribution is -2.01. The molecule has 2 N–H and O–H groups in total. The van der Waals surface area contributed by atoms with Crippen LogP contribution in [0.15, 0.2) is 39.3 Å². The molecule has 0 amide bonds. The summed E-state index contributed by atoms with van der Waals surface area (Å²) >= 11 is 6.57. The molecule has 0 spiro atoms. The summed E-state index contributed by atoms with van der Waals surface area (Å²) in [6, 6.07) is 8.50. The lowest BCUT2D eigenvalue weighted by atomic mass is 10.2. The summed E-state index contributed by atoms with van der Waals surface area (Å²) in [6.07, 6.45) is 0. The highest BCUT2D eigenvalue weighted by molar-refractivity contribution is 9.10. The molecule has 0 unspecified atom stereocenters. The van der Waals surface area contributed by atoms with E-state index in [2.05, 4.69) is 36.8 Å². The number of nitrogens with zero attached hydrogens (tertiary/aromatic N) is 2. The fraction of sp³-hybridized carbons (Fsp3) is 0.0714. The summed E-state index contributed by atoms with van der Waals surface area (Å²) in [5.41, 5.74) is 7.93. The van der Waals surface area contributed by atoms with Crippen molar-refractivity contribution in [2.24, 2.45) is 0 Å². The smallest absolute Gasteiger partial charge is 0.205 e. The molecular weight excluding hydrogens is 405 g/mol. The zero-order valence-corrected chi connectivity index (χ0v) is 14.1. The Kier molecular flexibility index (Phi) is 3.62. The highest BCUT2D eigenvalue weighted by Crippen LogP contribution is 2.31. The SMILES string of the molecule is COc1cc(Br)cc(-n2c(N)nc3cc(Br)c(F)cc32)c1. The molecule has 0 radical (unpaired) electrons. The summed E-state index contributed by atoms with van der Waals surface area (Å²) in [6.45, 7) is 0. The molecule has 0 fully saturated rings. The van der Waals surface area contributed by atoms with Gasteiger partial charge in [0, 0.05) is 16.6 Å². The van der Waals surface area contributed by atoms with Crippen molar-refractivity contribution >= 4 is 48.8 Å². The van der Waals surface area contributed by atoms with Crippen molar-refractivity contribution in [2.75, 3.05) is 12.8 Å². The van der Waals surface area contributed by atoms with E-state index in [0.717, 1.165) is 10.2 Å². The van der Waals surface area contributed by atoms with Gasteiger partial charge in [0.05, 0.1) is 28.3 Å². The van der Waals surface area contributed by atoms with Crippen molar-refractivity contribution in [3.63, 3.8) is 0 Å². The van der Waals surface area contributed by atoms with E-state index >= 15 is 0 Å². The number of nitrogens with two attached hydrogens (primary N) is 1. The first-order valence-corrected chi connectivity index (χ1v) is 7.56. The fourth-order valence-corrected chi connectivity index (χ4v) is 2.95. The molecule has 0 atom stereocenters. The minimum Gasteiger partial charge on any atom is -0.497 e. The normalized spacial score (nSPS) is 11.0. The molecule has 0 bridgehead atoms. The van der Waals surface area contributed by atoms with Gasteiger partial charge < -0.3 is 10.5 Å². The number of nitrogen functional groups attached to an aromatic ring is 1. The maximum absolute atomic E-state index is 13.8. The number of anilines is 1. The van der Waals surface area contributed by atoms with E-state index in [4.69, 9.17) is 10.5 Å². The van der Waals surface area contributed by atoms with Crippen molar-refractivity contribution in [1.29, 1.82) is 0 Å². The average molecular weight is 415 g/mol. The third-order valence-electron chi connectivity index (χ3n) is 3.07. The second-order valence-corrected chi connectivity index (χ2v) is 6.18. The number of imidazole rings is 1. The third kappa shape index (κ3) is 2.51. The van der Waals surface area contributed by atoms with Gasteiger partial charge in [-0.15, -0.1) is 0 Å². The van der Waals surface area contributed by atoms with Gasteiger partial charge in [-0.3, -0.25) is 4.57 Å². The van der Waals surface area contributed by atoms with Gasteiger partial charge in [0.25, 0.3) is 0 Å². The maximum Gasteiger partial charge on any atom is 0.205 e. The molecule has 0 aliphatic carbocycles. The molecule has 0 saturated heterocycles. The van der Waals surface area contributed by atoms with Crippen LogP contribution in [-0.2, 0) is 0 Å². The Morgan fingerprint density at radius 2 is 1.95 bits per heavy atom. The number of rotatable bonds is 2. The van der Waals surface area contributed by atoms with Crippen LogP contribution >= 0.6 is 31.9 Å². The van der Waals surface area contributed by atoms with E-state index in [1.165, 1.54) is 6.07 Å². The van der Waals surface area contributed by atoms with Crippen molar-refractivity contribution in [2.45, 2.75) is 0 Å². The first-order valence-electron chi connectivity index (χ1n) is 5.97. The summed E-state index contributed by atoms with van der Waals surface area (Å²) in [5.74, 6) is 0.575. The van der Waals surface area contributed by atoms with Crippen LogP contribution in [0, 0.1) is 5.82 Å². The number of ether oxygens (including phenoxy) is 1. The largest absolute Gasteiger partial charge is 0.497 e. The summed E-state index contributed by atoms with van der Waals surface area (Å²) in [7, 11) is 1.58. The zero-order valence-electron chi connectivity index (χ0n) is 10.9. The van der Waals surface area contributed by atoms with Gasteiger partial charge in [0.1, 0.15) is 11.6 Å². The van der Waals surface area contributed by atoms with Crippen LogP contribution in [0.5, 0.6) is 5.75 Å². The van der Waals surface area contributed by atoms with Crippen LogP contribution in [0.25, 0.3) is 16.7 Å². The lowest BCUT2D eigenvalue weighted by molar-refractivity contribution is 0.414. The first-order chi connectivity index (χ1) is 9.99. The Bertz CT molecular complexity index is 848. The fourth-order valence-electron chi connectivity index (χ4n) is 2.16. The molecule has 0 saturated carbocycles. The Morgan fingerprint density at radius 1 is 1.19 bits per heavy atom. The van der Waals surface area contributed by atoms with E-state index in [1.807, 2.05) is 18.2 Å². The molecule has 108 valence electrons. The van der Waals surface area contributed by atoms with Gasteiger partial charge in [-0.25, -0.2) is 9.37 Å². The van der Waals surface area contributed by atoms with Crippen LogP contribution in [0.4, 0.5) is 10.3 Å². The molecule has 3 aromatic rings. The lowest BCUT2D eigenvalue weighted by Gasteiger charge is -2.09. The van der Waals surface area contributed by atoms with Gasteiger partial charge in [-0.1, -0.05) is 15.9 Å². The molecule has 0 aliphatic heterocycles. The Balaban J connectivity index is 2.31. The van der Waals surface area contributed by atoms with Gasteiger partial charge in [0.15, 0.2) is 0 Å². The first kappa shape index (κ1) is 14.3. The molecule has 7 heteroatoms. The second kappa shape index (κ2) is 5.31. The average Bonchev–Trinajstić information content (AvgIpc) is 2.74. The Morgan fingerprint density at radius 3 is 2.67 bits per heavy atom. The number of aromatic nitrogens is 2. The van der Waals surface area contributed by atoms with Gasteiger partial charge in [-0.2, -0.15) is 0 Å². The van der Waals surface area contributed by atoms with E-state index in [9.17, 15) is 4.39 Å². The second-order valence-electron chi connectivity index (χ2n) is 4.41. The van der Waals surface area contributed by atoms with E-state index in [1.54, 1.807) is 17.7 Å². The van der Waals surface area contributed by atoms with Crippen LogP contribution < -0.4 is 10.5 Å². The van der Waals surface area contributed by atoms with Crippen molar-refractivity contribution in [1.82, 2.24) is 9.55 Å². The molecule has 1 heterocycles. The number of hydrogen-bond donors (Lipinski definition) is 1. The topological polar surface area (TPSA) is 53.1 Å². The number of hydrogen-bond acceptors (Lipinski definition) is 3. The highest BCUT2D eigenvalue weighted by atomic mass is 79.9. The summed E-state index contributed by atoms with van der Waals surface area (Å²) in [4.78, 5) is 4.26. The van der Waals surface area contributed by atoms with Gasteiger partial charge in [0.2, 0.25) is 5.95 Å². The van der Waals surface area contributed by atoms with Crippen LogP contribution in [0.3, 0.4) is 0 Å². The molecule has 1 aromatic heterocycles. The molecule has 3 rings (SSSR count). The van der Waals surface area contributed by atoms with Crippen LogP contribution in [-0.4, -0.2) is 16.7 Å². The zero-order chi connectivity index (χ0) is 15.1. The van der Waals surface area contributed by atoms with Crippen molar-refractivity contribution in [3.8, 4) is 11.4 Å². The number of benzene rings is 2. The van der Waals surface area contributed by atoms with E-state index in [0.29, 0.717) is 21.3 Å². The van der Waals surface area contributed by atoms with Crippen LogP contribution in [0.2, 0.25) is 0 Å². The minimum atomic E-state index is -0.370. The predicted octanol–water partition coefficient (Wildman–Crippen LogP) is 4.28. The standard InChI is InChI=1S/C14H10Br2FN3O/c1-21-9-3-7(15)2-8(4-9)20-13-6-11(17)10(16)5-12(13)19-14(20)18/h2-6H,1H3,(H2,18,19). The molecular formula is C14H10Br2FN3O. The molecule has 4 nitrogen and oxygen atoms in total. The quantitative estimate of drug-likeness (QED) is 0.680. The monoisotopic (exact) mass is 413 g/mol. The maximum atomic E-state index is 13.8. The van der Waals surface area contributed by atoms with Gasteiger partial charge >= 0.3 is 0 Å². The number of halogens is 3. The van der Waals surface area contributed by atoms with Crippen molar-refractivity contribution < 1.29 is 9.13 Å². The van der Waals surface area contributed by atoms with E-state index < -0.39 is 0 Å². The minimum absolute atomic E-state index is 0.280. The highest BCUT2D eigenvalue weighted by Gasteiger charge is 2.14. The Labute approximate surface area is 137 Å². The van der Waals surface area contributed by atoms with Crippen molar-refractivity contribution in [3.05, 3.63) is 45.1 Å². The summed E-state index contributed by atoms with van der Waals surface area (Å²) in [5, 5.41) is 0. The van der Waals surface area contributed by atoms with Crippen LogP contribution in [0.1, 0.15) is 0 Å².